The summed E-state index contributed by atoms with van der Waals surface area (Å²) in [5.41, 5.74) is 11.3. The van der Waals surface area contributed by atoms with Gasteiger partial charge in [0.05, 0.1) is 10.9 Å². The van der Waals surface area contributed by atoms with Crippen molar-refractivity contribution in [3.63, 3.8) is 0 Å². The number of rotatable bonds is 3. The van der Waals surface area contributed by atoms with Crippen LogP contribution in [0.5, 0.6) is 0 Å². The summed E-state index contributed by atoms with van der Waals surface area (Å²) in [5, 5.41) is 1.92. The highest BCUT2D eigenvalue weighted by Crippen LogP contribution is 2.40. The van der Waals surface area contributed by atoms with Gasteiger partial charge < -0.3 is 15.2 Å². The van der Waals surface area contributed by atoms with E-state index in [1.54, 1.807) is 4.90 Å². The van der Waals surface area contributed by atoms with Gasteiger partial charge in [0.1, 0.15) is 17.8 Å². The fourth-order valence-electron chi connectivity index (χ4n) is 4.46. The molecule has 0 saturated heterocycles. The number of anilines is 1. The standard InChI is InChI=1S/C23H22N6O/c1-3-19(30)28(2)16-8-9-18-20(15-10-14-6-4-5-7-17(14)25-11-15)21-22(24)26-13-27-23(21)29(18)12-16/h3-7,10-11,13,16H,1,8-9,12H2,2H3,(H2,24,26,27). The molecule has 2 N–H and O–H groups in total. The Hall–Kier alpha value is -3.74. The fourth-order valence-corrected chi connectivity index (χ4v) is 4.46. The van der Waals surface area contributed by atoms with Crippen LogP contribution in [0.3, 0.4) is 0 Å². The second-order valence-corrected chi connectivity index (χ2v) is 7.65. The highest BCUT2D eigenvalue weighted by atomic mass is 16.2. The Balaban J connectivity index is 1.70. The third-order valence-electron chi connectivity index (χ3n) is 6.03. The first-order valence-corrected chi connectivity index (χ1v) is 9.94. The number of carbonyl (C=O) groups excluding carboxylic acids is 1. The average Bonchev–Trinajstić information content (AvgIpc) is 3.12. The van der Waals surface area contributed by atoms with Gasteiger partial charge in [-0.15, -0.1) is 0 Å². The molecule has 1 amide bonds. The van der Waals surface area contributed by atoms with Crippen molar-refractivity contribution in [1.82, 2.24) is 24.4 Å². The number of likely N-dealkylation sites (N-methyl/N-ethyl adjacent to an activating group) is 1. The average molecular weight is 398 g/mol. The Morgan fingerprint density at radius 2 is 2.13 bits per heavy atom. The van der Waals surface area contributed by atoms with Gasteiger partial charge in [0, 0.05) is 48.0 Å². The number of carbonyl (C=O) groups is 1. The van der Waals surface area contributed by atoms with Crippen LogP contribution in [0.15, 0.2) is 55.5 Å². The Labute approximate surface area is 173 Å². The predicted octanol–water partition coefficient (Wildman–Crippen LogP) is 3.19. The van der Waals surface area contributed by atoms with Crippen molar-refractivity contribution in [3.05, 3.63) is 61.2 Å². The van der Waals surface area contributed by atoms with Gasteiger partial charge in [-0.25, -0.2) is 9.97 Å². The van der Waals surface area contributed by atoms with E-state index >= 15 is 0 Å². The summed E-state index contributed by atoms with van der Waals surface area (Å²) in [6, 6.07) is 10.3. The minimum atomic E-state index is -0.0759. The number of nitrogen functional groups attached to an aromatic ring is 1. The summed E-state index contributed by atoms with van der Waals surface area (Å²) >= 11 is 0. The number of pyridine rings is 1. The molecule has 5 rings (SSSR count). The van der Waals surface area contributed by atoms with Crippen molar-refractivity contribution in [2.45, 2.75) is 25.4 Å². The van der Waals surface area contributed by atoms with Gasteiger partial charge in [0.25, 0.3) is 0 Å². The van der Waals surface area contributed by atoms with E-state index in [4.69, 9.17) is 5.73 Å². The zero-order valence-electron chi connectivity index (χ0n) is 16.7. The molecule has 150 valence electrons. The molecular formula is C23H22N6O. The van der Waals surface area contributed by atoms with Crippen LogP contribution in [0.25, 0.3) is 33.1 Å². The van der Waals surface area contributed by atoms with Crippen LogP contribution in [0, 0.1) is 0 Å². The third kappa shape index (κ3) is 2.74. The van der Waals surface area contributed by atoms with Crippen LogP contribution < -0.4 is 5.73 Å². The number of hydrogen-bond donors (Lipinski definition) is 1. The van der Waals surface area contributed by atoms with Gasteiger partial charge >= 0.3 is 0 Å². The van der Waals surface area contributed by atoms with Crippen LogP contribution in [0.2, 0.25) is 0 Å². The quantitative estimate of drug-likeness (QED) is 0.535. The Kier molecular flexibility index (Phi) is 4.24. The first kappa shape index (κ1) is 18.3. The highest BCUT2D eigenvalue weighted by molar-refractivity contribution is 6.03. The lowest BCUT2D eigenvalue weighted by Gasteiger charge is -2.32. The molecule has 0 spiro atoms. The van der Waals surface area contributed by atoms with Gasteiger partial charge in [0.15, 0.2) is 0 Å². The number of aromatic nitrogens is 4. The van der Waals surface area contributed by atoms with E-state index in [1.807, 2.05) is 31.4 Å². The number of fused-ring (bicyclic) bond motifs is 4. The van der Waals surface area contributed by atoms with E-state index in [2.05, 4.69) is 38.2 Å². The molecule has 1 atom stereocenters. The number of nitrogens with zero attached hydrogens (tertiary/aromatic N) is 5. The number of nitrogens with two attached hydrogens (primary N) is 1. The molecule has 0 aliphatic carbocycles. The Morgan fingerprint density at radius 3 is 2.97 bits per heavy atom. The van der Waals surface area contributed by atoms with Crippen molar-refractivity contribution in [3.8, 4) is 11.1 Å². The molecule has 1 unspecified atom stereocenters. The van der Waals surface area contributed by atoms with E-state index in [1.165, 1.54) is 12.4 Å². The molecule has 7 nitrogen and oxygen atoms in total. The summed E-state index contributed by atoms with van der Waals surface area (Å²) < 4.78 is 2.18. The molecule has 4 heterocycles. The number of benzene rings is 1. The lowest BCUT2D eigenvalue weighted by molar-refractivity contribution is -0.127. The van der Waals surface area contributed by atoms with Crippen molar-refractivity contribution in [2.24, 2.45) is 0 Å². The SMILES string of the molecule is C=CC(=O)N(C)C1CCc2c(-c3cnc4ccccc4c3)c3c(N)ncnc3n2C1. The summed E-state index contributed by atoms with van der Waals surface area (Å²) in [6.45, 7) is 4.26. The second kappa shape index (κ2) is 6.95. The number of para-hydroxylation sites is 1. The zero-order chi connectivity index (χ0) is 20.8. The Morgan fingerprint density at radius 1 is 1.30 bits per heavy atom. The minimum absolute atomic E-state index is 0.0670. The topological polar surface area (TPSA) is 89.9 Å². The first-order chi connectivity index (χ1) is 14.6. The molecule has 0 saturated carbocycles. The summed E-state index contributed by atoms with van der Waals surface area (Å²) in [7, 11) is 1.82. The molecule has 30 heavy (non-hydrogen) atoms. The third-order valence-corrected chi connectivity index (χ3v) is 6.03. The van der Waals surface area contributed by atoms with E-state index < -0.39 is 0 Å². The van der Waals surface area contributed by atoms with Crippen LogP contribution >= 0.6 is 0 Å². The van der Waals surface area contributed by atoms with Crippen molar-refractivity contribution >= 4 is 33.7 Å². The fraction of sp³-hybridized carbons (Fsp3) is 0.217. The highest BCUT2D eigenvalue weighted by Gasteiger charge is 2.30. The molecular weight excluding hydrogens is 376 g/mol. The largest absolute Gasteiger partial charge is 0.383 e. The maximum Gasteiger partial charge on any atom is 0.246 e. The monoisotopic (exact) mass is 398 g/mol. The predicted molar refractivity (Wildman–Crippen MR) is 118 cm³/mol. The molecule has 0 bridgehead atoms. The van der Waals surface area contributed by atoms with Crippen molar-refractivity contribution in [2.75, 3.05) is 12.8 Å². The molecule has 4 aromatic rings. The van der Waals surface area contributed by atoms with Gasteiger partial charge in [-0.3, -0.25) is 9.78 Å². The second-order valence-electron chi connectivity index (χ2n) is 7.65. The summed E-state index contributed by atoms with van der Waals surface area (Å²) in [4.78, 5) is 27.3. The van der Waals surface area contributed by atoms with Crippen molar-refractivity contribution in [1.29, 1.82) is 0 Å². The molecule has 7 heteroatoms. The first-order valence-electron chi connectivity index (χ1n) is 9.94. The van der Waals surface area contributed by atoms with Gasteiger partial charge in [-0.2, -0.15) is 0 Å². The summed E-state index contributed by atoms with van der Waals surface area (Å²) in [5.74, 6) is 0.380. The maximum atomic E-state index is 12.1. The molecule has 1 aliphatic heterocycles. The zero-order valence-corrected chi connectivity index (χ0v) is 16.7. The lowest BCUT2D eigenvalue weighted by Crippen LogP contribution is -2.41. The summed E-state index contributed by atoms with van der Waals surface area (Å²) in [6.07, 6.45) is 6.40. The van der Waals surface area contributed by atoms with Crippen molar-refractivity contribution < 1.29 is 4.79 Å². The van der Waals surface area contributed by atoms with Crippen LogP contribution in [0.1, 0.15) is 12.1 Å². The normalized spacial score (nSPS) is 15.8. The minimum Gasteiger partial charge on any atom is -0.383 e. The molecule has 0 fully saturated rings. The van der Waals surface area contributed by atoms with E-state index in [9.17, 15) is 4.79 Å². The lowest BCUT2D eigenvalue weighted by atomic mass is 9.97. The maximum absolute atomic E-state index is 12.1. The van der Waals surface area contributed by atoms with Gasteiger partial charge in [-0.1, -0.05) is 24.8 Å². The van der Waals surface area contributed by atoms with Gasteiger partial charge in [0.2, 0.25) is 5.91 Å². The van der Waals surface area contributed by atoms with Gasteiger partial charge in [-0.05, 0) is 31.1 Å². The van der Waals surface area contributed by atoms with E-state index in [-0.39, 0.29) is 11.9 Å². The van der Waals surface area contributed by atoms with Crippen LogP contribution in [-0.2, 0) is 17.8 Å². The molecule has 0 radical (unpaired) electrons. The van der Waals surface area contributed by atoms with Crippen LogP contribution in [0.4, 0.5) is 5.82 Å². The number of amides is 1. The molecule has 3 aromatic heterocycles. The molecule has 1 aliphatic rings. The number of hydrogen-bond acceptors (Lipinski definition) is 5. The van der Waals surface area contributed by atoms with Crippen LogP contribution in [-0.4, -0.2) is 43.4 Å². The van der Waals surface area contributed by atoms with E-state index in [0.29, 0.717) is 12.4 Å². The smallest absolute Gasteiger partial charge is 0.246 e. The molecule has 1 aromatic carbocycles. The van der Waals surface area contributed by atoms with E-state index in [0.717, 1.165) is 51.6 Å². The Bertz CT molecular complexity index is 1310.